The van der Waals surface area contributed by atoms with Crippen molar-refractivity contribution < 1.29 is 18.0 Å². The number of benzene rings is 2. The van der Waals surface area contributed by atoms with Crippen LogP contribution in [-0.4, -0.2) is 19.0 Å². The van der Waals surface area contributed by atoms with Crippen LogP contribution >= 0.6 is 23.2 Å². The van der Waals surface area contributed by atoms with Crippen LogP contribution in [0.5, 0.6) is 0 Å². The Morgan fingerprint density at radius 2 is 1.72 bits per heavy atom. The molecule has 0 spiro atoms. The summed E-state index contributed by atoms with van der Waals surface area (Å²) in [5.74, 6) is -0.345. The minimum atomic E-state index is -4.40. The Bertz CT molecular complexity index is 734. The molecule has 25 heavy (non-hydrogen) atoms. The van der Waals surface area contributed by atoms with Crippen molar-refractivity contribution in [3.8, 4) is 0 Å². The van der Waals surface area contributed by atoms with Crippen molar-refractivity contribution in [1.82, 2.24) is 5.32 Å². The zero-order valence-corrected chi connectivity index (χ0v) is 14.5. The summed E-state index contributed by atoms with van der Waals surface area (Å²) in [7, 11) is 0. The van der Waals surface area contributed by atoms with Crippen molar-refractivity contribution in [3.05, 3.63) is 63.6 Å². The smallest absolute Gasteiger partial charge is 0.325 e. The maximum Gasteiger partial charge on any atom is 0.416 e. The summed E-state index contributed by atoms with van der Waals surface area (Å²) in [5.41, 5.74) is 0.450. The molecule has 3 nitrogen and oxygen atoms in total. The molecule has 0 fully saturated rings. The molecule has 0 saturated heterocycles. The second-order valence-electron chi connectivity index (χ2n) is 5.29. The number of halogens is 5. The van der Waals surface area contributed by atoms with Crippen LogP contribution in [0.3, 0.4) is 0 Å². The fraction of sp³-hybridized carbons (Fsp3) is 0.235. The largest absolute Gasteiger partial charge is 0.416 e. The van der Waals surface area contributed by atoms with Crippen molar-refractivity contribution in [2.75, 3.05) is 18.4 Å². The number of alkyl halides is 3. The number of anilines is 1. The molecule has 2 aromatic carbocycles. The average molecular weight is 391 g/mol. The van der Waals surface area contributed by atoms with E-state index in [9.17, 15) is 18.0 Å². The first-order chi connectivity index (χ1) is 11.8. The number of carbonyl (C=O) groups is 1. The van der Waals surface area contributed by atoms with Crippen LogP contribution in [0.4, 0.5) is 18.9 Å². The van der Waals surface area contributed by atoms with Crippen LogP contribution in [0.1, 0.15) is 11.1 Å². The van der Waals surface area contributed by atoms with Crippen molar-refractivity contribution in [1.29, 1.82) is 0 Å². The molecule has 0 aliphatic carbocycles. The number of nitrogens with one attached hydrogen (secondary N) is 2. The van der Waals surface area contributed by atoms with Crippen LogP contribution in [0.2, 0.25) is 10.0 Å². The van der Waals surface area contributed by atoms with E-state index in [0.29, 0.717) is 28.7 Å². The van der Waals surface area contributed by atoms with Gasteiger partial charge in [0.1, 0.15) is 0 Å². The molecule has 0 heterocycles. The van der Waals surface area contributed by atoms with Gasteiger partial charge < -0.3 is 10.6 Å². The zero-order valence-electron chi connectivity index (χ0n) is 13.0. The van der Waals surface area contributed by atoms with Gasteiger partial charge in [-0.1, -0.05) is 29.3 Å². The van der Waals surface area contributed by atoms with Gasteiger partial charge in [-0.15, -0.1) is 0 Å². The van der Waals surface area contributed by atoms with Gasteiger partial charge in [0.2, 0.25) is 5.91 Å². The normalized spacial score (nSPS) is 11.4. The van der Waals surface area contributed by atoms with E-state index >= 15 is 0 Å². The highest BCUT2D eigenvalue weighted by atomic mass is 35.5. The molecule has 2 aromatic rings. The van der Waals surface area contributed by atoms with E-state index in [2.05, 4.69) is 10.6 Å². The van der Waals surface area contributed by atoms with Crippen LogP contribution < -0.4 is 10.6 Å². The van der Waals surface area contributed by atoms with E-state index in [4.69, 9.17) is 23.2 Å². The summed E-state index contributed by atoms with van der Waals surface area (Å²) < 4.78 is 37.4. The van der Waals surface area contributed by atoms with Crippen LogP contribution in [0.15, 0.2) is 42.5 Å². The van der Waals surface area contributed by atoms with Gasteiger partial charge in [-0.25, -0.2) is 0 Å². The van der Waals surface area contributed by atoms with E-state index in [-0.39, 0.29) is 12.5 Å². The summed E-state index contributed by atoms with van der Waals surface area (Å²) in [6.45, 7) is 0.550. The molecular weight excluding hydrogens is 376 g/mol. The molecule has 0 unspecified atom stereocenters. The quantitative estimate of drug-likeness (QED) is 0.696. The van der Waals surface area contributed by atoms with Crippen molar-refractivity contribution in [3.63, 3.8) is 0 Å². The SMILES string of the molecule is O=C(CNCCc1ccc(Cl)cc1Cl)Nc1ccc(C(F)(F)F)cc1. The fourth-order valence-electron chi connectivity index (χ4n) is 2.10. The van der Waals surface area contributed by atoms with E-state index in [0.717, 1.165) is 17.7 Å². The molecule has 2 rings (SSSR count). The van der Waals surface area contributed by atoms with Gasteiger partial charge in [-0.3, -0.25) is 4.79 Å². The molecule has 0 atom stereocenters. The fourth-order valence-corrected chi connectivity index (χ4v) is 2.60. The molecule has 0 radical (unpaired) electrons. The van der Waals surface area contributed by atoms with Crippen molar-refractivity contribution in [2.45, 2.75) is 12.6 Å². The Morgan fingerprint density at radius 1 is 1.04 bits per heavy atom. The highest BCUT2D eigenvalue weighted by Crippen LogP contribution is 2.29. The number of rotatable bonds is 6. The van der Waals surface area contributed by atoms with E-state index in [1.54, 1.807) is 12.1 Å². The van der Waals surface area contributed by atoms with Gasteiger partial charge >= 0.3 is 6.18 Å². The first kappa shape index (κ1) is 19.6. The van der Waals surface area contributed by atoms with Gasteiger partial charge in [0.15, 0.2) is 0 Å². The third kappa shape index (κ3) is 6.23. The Kier molecular flexibility index (Phi) is 6.70. The topological polar surface area (TPSA) is 41.1 Å². The molecule has 134 valence electrons. The maximum atomic E-state index is 12.5. The zero-order chi connectivity index (χ0) is 18.4. The van der Waals surface area contributed by atoms with Crippen molar-refractivity contribution in [2.24, 2.45) is 0 Å². The Hall–Kier alpha value is -1.76. The number of hydrogen-bond donors (Lipinski definition) is 2. The maximum absolute atomic E-state index is 12.5. The van der Waals surface area contributed by atoms with E-state index in [1.807, 2.05) is 6.07 Å². The van der Waals surface area contributed by atoms with Crippen LogP contribution in [0, 0.1) is 0 Å². The molecular formula is C17H15Cl2F3N2O. The van der Waals surface area contributed by atoms with E-state index in [1.165, 1.54) is 12.1 Å². The highest BCUT2D eigenvalue weighted by Gasteiger charge is 2.29. The van der Waals surface area contributed by atoms with Gasteiger partial charge in [0.05, 0.1) is 12.1 Å². The molecule has 0 aliphatic rings. The lowest BCUT2D eigenvalue weighted by atomic mass is 10.1. The minimum absolute atomic E-state index is 0.0340. The summed E-state index contributed by atoms with van der Waals surface area (Å²) in [6, 6.07) is 9.48. The predicted octanol–water partition coefficient (Wildman–Crippen LogP) is 4.78. The first-order valence-corrected chi connectivity index (χ1v) is 8.13. The lowest BCUT2D eigenvalue weighted by Crippen LogP contribution is -2.29. The molecule has 8 heteroatoms. The number of amides is 1. The van der Waals surface area contributed by atoms with Gasteiger partial charge in [-0.05, 0) is 54.9 Å². The summed E-state index contributed by atoms with van der Waals surface area (Å²) in [5, 5.41) is 6.59. The summed E-state index contributed by atoms with van der Waals surface area (Å²) in [6.07, 6.45) is -3.78. The lowest BCUT2D eigenvalue weighted by molar-refractivity contribution is -0.137. The second kappa shape index (κ2) is 8.56. The molecule has 0 bridgehead atoms. The van der Waals surface area contributed by atoms with Crippen LogP contribution in [0.25, 0.3) is 0 Å². The van der Waals surface area contributed by atoms with Gasteiger partial charge in [0.25, 0.3) is 0 Å². The molecule has 1 amide bonds. The molecule has 0 aliphatic heterocycles. The van der Waals surface area contributed by atoms with Gasteiger partial charge in [0, 0.05) is 15.7 Å². The molecule has 0 saturated carbocycles. The Balaban J connectivity index is 1.75. The monoisotopic (exact) mass is 390 g/mol. The summed E-state index contributed by atoms with van der Waals surface area (Å²) >= 11 is 11.9. The highest BCUT2D eigenvalue weighted by molar-refractivity contribution is 6.35. The van der Waals surface area contributed by atoms with E-state index < -0.39 is 11.7 Å². The third-order valence-corrected chi connectivity index (χ3v) is 3.95. The summed E-state index contributed by atoms with van der Waals surface area (Å²) in [4.78, 5) is 11.8. The first-order valence-electron chi connectivity index (χ1n) is 7.37. The standard InChI is InChI=1S/C17H15Cl2F3N2O/c18-13-4-1-11(15(19)9-13)7-8-23-10-16(25)24-14-5-2-12(3-6-14)17(20,21)22/h1-6,9,23H,7-8,10H2,(H,24,25). The lowest BCUT2D eigenvalue weighted by Gasteiger charge is -2.10. The third-order valence-electron chi connectivity index (χ3n) is 3.37. The van der Waals surface area contributed by atoms with Crippen molar-refractivity contribution >= 4 is 34.8 Å². The van der Waals surface area contributed by atoms with Crippen LogP contribution in [-0.2, 0) is 17.4 Å². The number of carbonyl (C=O) groups excluding carboxylic acids is 1. The average Bonchev–Trinajstić information content (AvgIpc) is 2.53. The predicted molar refractivity (Wildman–Crippen MR) is 93.1 cm³/mol. The van der Waals surface area contributed by atoms with Gasteiger partial charge in [-0.2, -0.15) is 13.2 Å². The Labute approximate surface area is 153 Å². The molecule has 2 N–H and O–H groups in total. The number of hydrogen-bond acceptors (Lipinski definition) is 2. The minimum Gasteiger partial charge on any atom is -0.325 e. The molecule has 0 aromatic heterocycles. The second-order valence-corrected chi connectivity index (χ2v) is 6.13. The Morgan fingerprint density at radius 3 is 2.32 bits per heavy atom.